The standard InChI is InChI=1S/C23H27FN2O2.HI/c1-26(2,22-12-14-28-15-13-22)17-19-6-9-21(10-7-19)25-23(27)11-8-18-4-3-5-20(24)16-18;/h3-11,16,22H,12-15,17H2,1-2H3;1H. The van der Waals surface area contributed by atoms with Crippen molar-refractivity contribution in [1.29, 1.82) is 0 Å². The van der Waals surface area contributed by atoms with Crippen LogP contribution in [-0.2, 0) is 16.1 Å². The van der Waals surface area contributed by atoms with Gasteiger partial charge in [0.05, 0.1) is 33.4 Å². The maximum absolute atomic E-state index is 13.2. The highest BCUT2D eigenvalue weighted by Gasteiger charge is 2.30. The Morgan fingerprint density at radius 3 is 2.52 bits per heavy atom. The summed E-state index contributed by atoms with van der Waals surface area (Å²) in [7, 11) is 4.53. The van der Waals surface area contributed by atoms with Gasteiger partial charge in [-0.15, -0.1) is 0 Å². The molecule has 0 radical (unpaired) electrons. The molecular formula is C23H28FIN2O2. The Morgan fingerprint density at radius 2 is 1.86 bits per heavy atom. The molecule has 0 unspecified atom stereocenters. The van der Waals surface area contributed by atoms with Gasteiger partial charge in [0, 0.05) is 30.2 Å². The summed E-state index contributed by atoms with van der Waals surface area (Å²) in [4.78, 5) is 12.1. The van der Waals surface area contributed by atoms with E-state index in [0.29, 0.717) is 11.6 Å². The number of hydrogen-bond donors (Lipinski definition) is 1. The summed E-state index contributed by atoms with van der Waals surface area (Å²) >= 11 is 0. The van der Waals surface area contributed by atoms with Crippen LogP contribution >= 0.6 is 0 Å². The summed E-state index contributed by atoms with van der Waals surface area (Å²) in [6.45, 7) is 2.64. The number of hydrogen-bond acceptors (Lipinski definition) is 2. The Bertz CT molecular complexity index is 831. The average Bonchev–Trinajstić information content (AvgIpc) is 2.68. The minimum absolute atomic E-state index is 0. The molecule has 2 aromatic rings. The van der Waals surface area contributed by atoms with Gasteiger partial charge in [-0.1, -0.05) is 24.3 Å². The number of nitrogens with one attached hydrogen (secondary N) is 1. The van der Waals surface area contributed by atoms with Crippen molar-refractivity contribution in [3.63, 3.8) is 0 Å². The number of carbonyl (C=O) groups is 1. The Labute approximate surface area is 189 Å². The van der Waals surface area contributed by atoms with Crippen LogP contribution in [0.3, 0.4) is 0 Å². The highest BCUT2D eigenvalue weighted by atomic mass is 127. The van der Waals surface area contributed by atoms with Gasteiger partial charge in [0.15, 0.2) is 0 Å². The summed E-state index contributed by atoms with van der Waals surface area (Å²) in [5.41, 5.74) is 2.64. The number of rotatable bonds is 6. The van der Waals surface area contributed by atoms with E-state index in [4.69, 9.17) is 4.74 Å². The normalized spacial score (nSPS) is 15.1. The second-order valence-electron chi connectivity index (χ2n) is 7.85. The van der Waals surface area contributed by atoms with Gasteiger partial charge >= 0.3 is 0 Å². The molecule has 1 heterocycles. The van der Waals surface area contributed by atoms with Crippen molar-refractivity contribution in [2.24, 2.45) is 0 Å². The van der Waals surface area contributed by atoms with Crippen LogP contribution in [0, 0.1) is 5.82 Å². The Hall–Kier alpha value is -1.77. The molecule has 0 saturated carbocycles. The number of carbonyl (C=O) groups excluding carboxylic acids is 1. The minimum atomic E-state index is -0.319. The second-order valence-corrected chi connectivity index (χ2v) is 7.85. The summed E-state index contributed by atoms with van der Waals surface area (Å²) < 4.78 is 19.6. The first-order chi connectivity index (χ1) is 13.4. The van der Waals surface area contributed by atoms with Gasteiger partial charge in [0.1, 0.15) is 12.4 Å². The number of halogens is 2. The summed E-state index contributed by atoms with van der Waals surface area (Å²) in [6.07, 6.45) is 5.20. The molecule has 0 bridgehead atoms. The molecule has 0 aliphatic carbocycles. The van der Waals surface area contributed by atoms with Gasteiger partial charge in [0.25, 0.3) is 0 Å². The van der Waals surface area contributed by atoms with Gasteiger partial charge in [-0.2, -0.15) is 0 Å². The smallest absolute Gasteiger partial charge is 0.248 e. The van der Waals surface area contributed by atoms with E-state index >= 15 is 0 Å². The first-order valence-corrected chi connectivity index (χ1v) is 9.66. The Morgan fingerprint density at radius 1 is 1.17 bits per heavy atom. The highest BCUT2D eigenvalue weighted by molar-refractivity contribution is 6.01. The van der Waals surface area contributed by atoms with E-state index in [9.17, 15) is 9.18 Å². The van der Waals surface area contributed by atoms with Crippen LogP contribution in [0.25, 0.3) is 6.08 Å². The van der Waals surface area contributed by atoms with Crippen LogP contribution in [-0.4, -0.2) is 43.7 Å². The van der Waals surface area contributed by atoms with Crippen LogP contribution in [0.2, 0.25) is 0 Å². The van der Waals surface area contributed by atoms with Crippen molar-refractivity contribution in [2.75, 3.05) is 32.6 Å². The van der Waals surface area contributed by atoms with Crippen molar-refractivity contribution >= 4 is 17.7 Å². The molecule has 1 aliphatic rings. The zero-order valence-electron chi connectivity index (χ0n) is 16.9. The molecule has 1 N–H and O–H groups in total. The van der Waals surface area contributed by atoms with E-state index in [1.165, 1.54) is 23.8 Å². The van der Waals surface area contributed by atoms with Crippen LogP contribution in [0.5, 0.6) is 0 Å². The lowest BCUT2D eigenvalue weighted by molar-refractivity contribution is -0.929. The first kappa shape index (κ1) is 23.5. The maximum atomic E-state index is 13.2. The van der Waals surface area contributed by atoms with Crippen molar-refractivity contribution in [2.45, 2.75) is 25.4 Å². The van der Waals surface area contributed by atoms with Crippen molar-refractivity contribution in [3.8, 4) is 0 Å². The zero-order chi connectivity index (χ0) is 20.0. The van der Waals surface area contributed by atoms with Gasteiger partial charge in [0.2, 0.25) is 5.91 Å². The third kappa shape index (κ3) is 7.21. The summed E-state index contributed by atoms with van der Waals surface area (Å²) in [5, 5.41) is 2.84. The molecule has 1 saturated heterocycles. The quantitative estimate of drug-likeness (QED) is 0.361. The molecule has 1 aliphatic heterocycles. The molecule has 156 valence electrons. The molecule has 2 aromatic carbocycles. The van der Waals surface area contributed by atoms with E-state index in [1.54, 1.807) is 18.2 Å². The third-order valence-electron chi connectivity index (χ3n) is 5.27. The fraction of sp³-hybridized carbons (Fsp3) is 0.348. The molecule has 0 spiro atoms. The van der Waals surface area contributed by atoms with Gasteiger partial charge in [-0.05, 0) is 35.9 Å². The van der Waals surface area contributed by atoms with Crippen molar-refractivity contribution < 1.29 is 42.4 Å². The second kappa shape index (κ2) is 10.8. The number of ether oxygens (including phenoxy) is 1. The van der Waals surface area contributed by atoms with Crippen molar-refractivity contribution in [1.82, 2.24) is 0 Å². The monoisotopic (exact) mass is 510 g/mol. The van der Waals surface area contributed by atoms with E-state index in [1.807, 2.05) is 12.1 Å². The molecule has 3 rings (SSSR count). The SMILES string of the molecule is C[N+](C)(Cc1ccc(NC(=O)C=Cc2cccc(F)c2)cc1)C1CCOCC1.[I-]. The number of benzene rings is 2. The van der Waals surface area contributed by atoms with Gasteiger partial charge in [-0.3, -0.25) is 4.79 Å². The Kier molecular flexibility index (Phi) is 8.79. The van der Waals surface area contributed by atoms with Crippen LogP contribution in [0.1, 0.15) is 24.0 Å². The van der Waals surface area contributed by atoms with Crippen LogP contribution in [0.15, 0.2) is 54.6 Å². The minimum Gasteiger partial charge on any atom is -1.00 e. The topological polar surface area (TPSA) is 38.3 Å². The molecule has 4 nitrogen and oxygen atoms in total. The number of nitrogens with zero attached hydrogens (tertiary/aromatic N) is 1. The summed E-state index contributed by atoms with van der Waals surface area (Å²) in [5.74, 6) is -0.560. The van der Waals surface area contributed by atoms with E-state index in [2.05, 4.69) is 31.5 Å². The van der Waals surface area contributed by atoms with Crippen LogP contribution in [0.4, 0.5) is 10.1 Å². The fourth-order valence-corrected chi connectivity index (χ4v) is 3.64. The van der Waals surface area contributed by atoms with Crippen LogP contribution < -0.4 is 29.3 Å². The van der Waals surface area contributed by atoms with E-state index in [-0.39, 0.29) is 35.7 Å². The summed E-state index contributed by atoms with van der Waals surface area (Å²) in [6, 6.07) is 14.7. The molecule has 29 heavy (non-hydrogen) atoms. The first-order valence-electron chi connectivity index (χ1n) is 9.66. The molecular weight excluding hydrogens is 482 g/mol. The zero-order valence-corrected chi connectivity index (χ0v) is 19.1. The lowest BCUT2D eigenvalue weighted by Gasteiger charge is -2.40. The Balaban J connectivity index is 0.00000300. The predicted octanol–water partition coefficient (Wildman–Crippen LogP) is 1.24. The van der Waals surface area contributed by atoms with Crippen molar-refractivity contribution in [3.05, 3.63) is 71.6 Å². The third-order valence-corrected chi connectivity index (χ3v) is 5.27. The molecule has 1 fully saturated rings. The largest absolute Gasteiger partial charge is 1.00 e. The van der Waals surface area contributed by atoms with Gasteiger partial charge in [-0.25, -0.2) is 4.39 Å². The fourth-order valence-electron chi connectivity index (χ4n) is 3.64. The number of quaternary nitrogens is 1. The lowest BCUT2D eigenvalue weighted by Crippen LogP contribution is -3.00. The molecule has 0 aromatic heterocycles. The number of anilines is 1. The van der Waals surface area contributed by atoms with E-state index in [0.717, 1.165) is 42.8 Å². The van der Waals surface area contributed by atoms with E-state index < -0.39 is 0 Å². The van der Waals surface area contributed by atoms with Gasteiger partial charge < -0.3 is 38.5 Å². The maximum Gasteiger partial charge on any atom is 0.248 e. The molecule has 0 atom stereocenters. The molecule has 6 heteroatoms. The lowest BCUT2D eigenvalue weighted by atomic mass is 10.0. The average molecular weight is 510 g/mol. The number of amides is 1. The highest BCUT2D eigenvalue weighted by Crippen LogP contribution is 2.22. The molecule has 1 amide bonds. The predicted molar refractivity (Wildman–Crippen MR) is 110 cm³/mol.